The Bertz CT molecular complexity index is 1140. The molecular formula is C24H19ClN2O2S. The van der Waals surface area contributed by atoms with Crippen molar-refractivity contribution in [3.05, 3.63) is 88.8 Å². The molecule has 0 spiro atoms. The SMILES string of the molecule is COc1ccc(NC(=O)Cc2sc(-c3ccc(Cl)cc3)nc2-c2ccccc2)cc1. The lowest BCUT2D eigenvalue weighted by atomic mass is 10.1. The second-order valence-electron chi connectivity index (χ2n) is 6.62. The maximum absolute atomic E-state index is 12.7. The lowest BCUT2D eigenvalue weighted by molar-refractivity contribution is -0.115. The van der Waals surface area contributed by atoms with Gasteiger partial charge in [-0.1, -0.05) is 54.1 Å². The molecule has 1 heterocycles. The number of amides is 1. The number of halogens is 1. The van der Waals surface area contributed by atoms with E-state index in [1.54, 1.807) is 7.11 Å². The molecule has 150 valence electrons. The summed E-state index contributed by atoms with van der Waals surface area (Å²) in [4.78, 5) is 18.5. The highest BCUT2D eigenvalue weighted by atomic mass is 35.5. The molecule has 0 unspecified atom stereocenters. The predicted molar refractivity (Wildman–Crippen MR) is 123 cm³/mol. The van der Waals surface area contributed by atoms with E-state index in [1.165, 1.54) is 11.3 Å². The molecule has 0 saturated carbocycles. The van der Waals surface area contributed by atoms with Gasteiger partial charge in [-0.05, 0) is 36.4 Å². The highest BCUT2D eigenvalue weighted by Crippen LogP contribution is 2.34. The number of nitrogens with zero attached hydrogens (tertiary/aromatic N) is 1. The summed E-state index contributed by atoms with van der Waals surface area (Å²) in [5.74, 6) is 0.651. The van der Waals surface area contributed by atoms with Gasteiger partial charge in [-0.15, -0.1) is 11.3 Å². The van der Waals surface area contributed by atoms with Gasteiger partial charge in [0.1, 0.15) is 10.8 Å². The third-order valence-corrected chi connectivity index (χ3v) is 5.89. The number of thiazole rings is 1. The number of rotatable bonds is 6. The van der Waals surface area contributed by atoms with Crippen molar-refractivity contribution in [2.24, 2.45) is 0 Å². The Morgan fingerprint density at radius 3 is 2.33 bits per heavy atom. The number of nitrogens with one attached hydrogen (secondary N) is 1. The molecule has 0 aliphatic carbocycles. The van der Waals surface area contributed by atoms with E-state index in [-0.39, 0.29) is 12.3 Å². The summed E-state index contributed by atoms with van der Waals surface area (Å²) < 4.78 is 5.16. The molecule has 30 heavy (non-hydrogen) atoms. The van der Waals surface area contributed by atoms with E-state index < -0.39 is 0 Å². The maximum atomic E-state index is 12.7. The topological polar surface area (TPSA) is 51.2 Å². The van der Waals surface area contributed by atoms with E-state index in [2.05, 4.69) is 5.32 Å². The molecule has 4 nitrogen and oxygen atoms in total. The van der Waals surface area contributed by atoms with Gasteiger partial charge < -0.3 is 10.1 Å². The van der Waals surface area contributed by atoms with Gasteiger partial charge in [0.2, 0.25) is 5.91 Å². The minimum atomic E-state index is -0.0938. The van der Waals surface area contributed by atoms with Crippen molar-refractivity contribution in [1.82, 2.24) is 4.98 Å². The molecule has 1 N–H and O–H groups in total. The number of hydrogen-bond donors (Lipinski definition) is 1. The molecule has 0 bridgehead atoms. The van der Waals surface area contributed by atoms with Crippen molar-refractivity contribution < 1.29 is 9.53 Å². The number of anilines is 1. The Kier molecular flexibility index (Phi) is 6.12. The van der Waals surface area contributed by atoms with Gasteiger partial charge in [-0.25, -0.2) is 4.98 Å². The van der Waals surface area contributed by atoms with Crippen LogP contribution in [0.25, 0.3) is 21.8 Å². The van der Waals surface area contributed by atoms with Crippen LogP contribution in [0.1, 0.15) is 4.88 Å². The maximum Gasteiger partial charge on any atom is 0.229 e. The molecule has 4 aromatic rings. The fourth-order valence-corrected chi connectivity index (χ4v) is 4.25. The summed E-state index contributed by atoms with van der Waals surface area (Å²) >= 11 is 7.54. The number of methoxy groups -OCH3 is 1. The summed E-state index contributed by atoms with van der Waals surface area (Å²) in [5.41, 5.74) is 3.52. The third-order valence-electron chi connectivity index (χ3n) is 4.53. The summed E-state index contributed by atoms with van der Waals surface area (Å²) in [6.07, 6.45) is 0.238. The molecule has 1 amide bonds. The van der Waals surface area contributed by atoms with Crippen LogP contribution in [0.15, 0.2) is 78.9 Å². The van der Waals surface area contributed by atoms with Crippen molar-refractivity contribution in [1.29, 1.82) is 0 Å². The van der Waals surface area contributed by atoms with E-state index >= 15 is 0 Å². The van der Waals surface area contributed by atoms with Crippen LogP contribution in [0.4, 0.5) is 5.69 Å². The van der Waals surface area contributed by atoms with E-state index in [1.807, 2.05) is 78.9 Å². The molecule has 0 fully saturated rings. The molecule has 3 aromatic carbocycles. The van der Waals surface area contributed by atoms with E-state index in [4.69, 9.17) is 21.3 Å². The highest BCUT2D eigenvalue weighted by Gasteiger charge is 2.17. The molecule has 1 aromatic heterocycles. The average molecular weight is 435 g/mol. The smallest absolute Gasteiger partial charge is 0.229 e. The lowest BCUT2D eigenvalue weighted by Crippen LogP contribution is -2.14. The molecule has 0 atom stereocenters. The van der Waals surface area contributed by atoms with Crippen LogP contribution in [-0.2, 0) is 11.2 Å². The van der Waals surface area contributed by atoms with Crippen molar-refractivity contribution >= 4 is 34.5 Å². The third kappa shape index (κ3) is 4.70. The molecule has 0 aliphatic rings. The normalized spacial score (nSPS) is 10.6. The zero-order chi connectivity index (χ0) is 20.9. The molecule has 0 aliphatic heterocycles. The highest BCUT2D eigenvalue weighted by molar-refractivity contribution is 7.15. The van der Waals surface area contributed by atoms with Gasteiger partial charge in [-0.2, -0.15) is 0 Å². The Hall–Kier alpha value is -3.15. The number of benzene rings is 3. The monoisotopic (exact) mass is 434 g/mol. The Labute approximate surface area is 184 Å². The minimum Gasteiger partial charge on any atom is -0.497 e. The molecule has 0 radical (unpaired) electrons. The summed E-state index contributed by atoms with van der Waals surface area (Å²) in [6, 6.07) is 24.8. The first-order chi connectivity index (χ1) is 14.6. The van der Waals surface area contributed by atoms with E-state index in [0.29, 0.717) is 5.02 Å². The van der Waals surface area contributed by atoms with Crippen molar-refractivity contribution in [3.8, 4) is 27.6 Å². The zero-order valence-corrected chi connectivity index (χ0v) is 17.8. The van der Waals surface area contributed by atoms with Gasteiger partial charge in [0.25, 0.3) is 0 Å². The molecule has 6 heteroatoms. The summed E-state index contributed by atoms with van der Waals surface area (Å²) in [5, 5.41) is 4.48. The number of hydrogen-bond acceptors (Lipinski definition) is 4. The van der Waals surface area contributed by atoms with E-state index in [9.17, 15) is 4.79 Å². The van der Waals surface area contributed by atoms with Gasteiger partial charge in [0.15, 0.2) is 0 Å². The van der Waals surface area contributed by atoms with Crippen LogP contribution < -0.4 is 10.1 Å². The minimum absolute atomic E-state index is 0.0938. The first-order valence-electron chi connectivity index (χ1n) is 9.37. The predicted octanol–water partition coefficient (Wildman–Crippen LogP) is 6.32. The van der Waals surface area contributed by atoms with Gasteiger partial charge in [0, 0.05) is 26.7 Å². The Morgan fingerprint density at radius 2 is 1.67 bits per heavy atom. The largest absolute Gasteiger partial charge is 0.497 e. The van der Waals surface area contributed by atoms with Crippen LogP contribution in [0.5, 0.6) is 5.75 Å². The van der Waals surface area contributed by atoms with E-state index in [0.717, 1.165) is 38.1 Å². The van der Waals surface area contributed by atoms with Crippen LogP contribution >= 0.6 is 22.9 Å². The molecule has 4 rings (SSSR count). The van der Waals surface area contributed by atoms with Gasteiger partial charge in [-0.3, -0.25) is 4.79 Å². The van der Waals surface area contributed by atoms with Gasteiger partial charge in [0.05, 0.1) is 19.2 Å². The fraction of sp³-hybridized carbons (Fsp3) is 0.0833. The molecule has 0 saturated heterocycles. The number of carbonyl (C=O) groups is 1. The van der Waals surface area contributed by atoms with Crippen molar-refractivity contribution in [3.63, 3.8) is 0 Å². The van der Waals surface area contributed by atoms with Crippen LogP contribution in [-0.4, -0.2) is 18.0 Å². The number of ether oxygens (including phenoxy) is 1. The van der Waals surface area contributed by atoms with Gasteiger partial charge >= 0.3 is 0 Å². The van der Waals surface area contributed by atoms with Crippen LogP contribution in [0, 0.1) is 0 Å². The second kappa shape index (κ2) is 9.11. The van der Waals surface area contributed by atoms with Crippen LogP contribution in [0.2, 0.25) is 5.02 Å². The number of carbonyl (C=O) groups excluding carboxylic acids is 1. The second-order valence-corrected chi connectivity index (χ2v) is 8.14. The van der Waals surface area contributed by atoms with Crippen molar-refractivity contribution in [2.45, 2.75) is 6.42 Å². The average Bonchev–Trinajstić information content (AvgIpc) is 3.19. The standard InChI is InChI=1S/C24H19ClN2O2S/c1-29-20-13-11-19(12-14-20)26-22(28)15-21-23(16-5-3-2-4-6-16)27-24(30-21)17-7-9-18(25)10-8-17/h2-14H,15H2,1H3,(H,26,28). The molecular weight excluding hydrogens is 416 g/mol. The first kappa shape index (κ1) is 20.1. The summed E-state index contributed by atoms with van der Waals surface area (Å²) in [6.45, 7) is 0. The number of aromatic nitrogens is 1. The fourth-order valence-electron chi connectivity index (χ4n) is 3.03. The van der Waals surface area contributed by atoms with Crippen molar-refractivity contribution in [2.75, 3.05) is 12.4 Å². The van der Waals surface area contributed by atoms with Crippen LogP contribution in [0.3, 0.4) is 0 Å². The Balaban J connectivity index is 1.61. The zero-order valence-electron chi connectivity index (χ0n) is 16.3. The Morgan fingerprint density at radius 1 is 0.967 bits per heavy atom. The summed E-state index contributed by atoms with van der Waals surface area (Å²) in [7, 11) is 1.61. The quantitative estimate of drug-likeness (QED) is 0.386. The lowest BCUT2D eigenvalue weighted by Gasteiger charge is -2.06. The first-order valence-corrected chi connectivity index (χ1v) is 10.6.